The van der Waals surface area contributed by atoms with Gasteiger partial charge in [0.25, 0.3) is 10.9 Å². The van der Waals surface area contributed by atoms with Crippen LogP contribution in [0.4, 0.5) is 5.69 Å². The molecule has 0 aliphatic rings. The Labute approximate surface area is 184 Å². The summed E-state index contributed by atoms with van der Waals surface area (Å²) < 4.78 is 5.36. The molecule has 1 N–H and O–H groups in total. The first-order chi connectivity index (χ1) is 14.4. The Hall–Kier alpha value is -2.82. The molecule has 3 aromatic rings. The summed E-state index contributed by atoms with van der Waals surface area (Å²) in [5.41, 5.74) is 0.229. The SMILES string of the molecule is CCc1nnc(S/C(=C/c2cc([N+](=O)[O-])ccc2Sc2ccc(Cl)cc2)C(=O)O)o1. The summed E-state index contributed by atoms with van der Waals surface area (Å²) >= 11 is 8.03. The predicted octanol–water partition coefficient (Wildman–Crippen LogP) is 5.56. The van der Waals surface area contributed by atoms with Gasteiger partial charge in [-0.1, -0.05) is 30.3 Å². The quantitative estimate of drug-likeness (QED) is 0.198. The third-order valence-electron chi connectivity index (χ3n) is 3.69. The number of carbonyl (C=O) groups is 1. The average Bonchev–Trinajstić information content (AvgIpc) is 3.17. The number of carboxylic acid groups (broad SMARTS) is 1. The normalized spacial score (nSPS) is 11.5. The summed E-state index contributed by atoms with van der Waals surface area (Å²) in [5, 5.41) is 29.1. The van der Waals surface area contributed by atoms with Crippen LogP contribution in [0.5, 0.6) is 0 Å². The molecule has 0 radical (unpaired) electrons. The van der Waals surface area contributed by atoms with Crippen LogP contribution in [0.3, 0.4) is 0 Å². The second-order valence-electron chi connectivity index (χ2n) is 5.77. The summed E-state index contributed by atoms with van der Waals surface area (Å²) in [5.74, 6) is -0.832. The first-order valence-corrected chi connectivity index (χ1v) is 10.5. The van der Waals surface area contributed by atoms with Crippen molar-refractivity contribution in [1.29, 1.82) is 0 Å². The van der Waals surface area contributed by atoms with Crippen molar-refractivity contribution < 1.29 is 19.2 Å². The lowest BCUT2D eigenvalue weighted by molar-refractivity contribution is -0.384. The van der Waals surface area contributed by atoms with Crippen molar-refractivity contribution in [3.63, 3.8) is 0 Å². The maximum atomic E-state index is 11.8. The molecule has 0 spiro atoms. The molecule has 0 bridgehead atoms. The lowest BCUT2D eigenvalue weighted by Gasteiger charge is -2.08. The van der Waals surface area contributed by atoms with E-state index >= 15 is 0 Å². The number of hydrogen-bond acceptors (Lipinski definition) is 8. The van der Waals surface area contributed by atoms with Gasteiger partial charge in [-0.15, -0.1) is 10.2 Å². The van der Waals surface area contributed by atoms with Crippen LogP contribution in [0, 0.1) is 10.1 Å². The molecule has 154 valence electrons. The van der Waals surface area contributed by atoms with E-state index in [1.165, 1.54) is 30.0 Å². The van der Waals surface area contributed by atoms with Gasteiger partial charge in [-0.2, -0.15) is 0 Å². The number of halogens is 1. The van der Waals surface area contributed by atoms with Gasteiger partial charge in [0.05, 0.1) is 4.92 Å². The molecule has 0 unspecified atom stereocenters. The topological polar surface area (TPSA) is 119 Å². The molecular formula is C19H14ClN3O5S2. The van der Waals surface area contributed by atoms with E-state index in [0.717, 1.165) is 16.7 Å². The van der Waals surface area contributed by atoms with Crippen molar-refractivity contribution in [3.8, 4) is 0 Å². The number of carboxylic acids is 1. The van der Waals surface area contributed by atoms with Crippen molar-refractivity contribution >= 4 is 52.9 Å². The van der Waals surface area contributed by atoms with E-state index in [-0.39, 0.29) is 15.8 Å². The molecule has 0 saturated carbocycles. The van der Waals surface area contributed by atoms with Gasteiger partial charge >= 0.3 is 5.97 Å². The third-order valence-corrected chi connectivity index (χ3v) is 5.89. The lowest BCUT2D eigenvalue weighted by atomic mass is 10.2. The van der Waals surface area contributed by atoms with E-state index in [4.69, 9.17) is 16.0 Å². The zero-order valence-electron chi connectivity index (χ0n) is 15.4. The number of nitro groups is 1. The molecule has 8 nitrogen and oxygen atoms in total. The molecule has 0 amide bonds. The number of nitro benzene ring substituents is 1. The Morgan fingerprint density at radius 3 is 2.60 bits per heavy atom. The van der Waals surface area contributed by atoms with Gasteiger partial charge in [-0.05, 0) is 53.7 Å². The molecule has 11 heteroatoms. The first kappa shape index (κ1) is 21.9. The highest BCUT2D eigenvalue weighted by Gasteiger charge is 2.18. The monoisotopic (exact) mass is 463 g/mol. The molecule has 0 fully saturated rings. The zero-order chi connectivity index (χ0) is 21.7. The van der Waals surface area contributed by atoms with Crippen LogP contribution in [0.1, 0.15) is 18.4 Å². The summed E-state index contributed by atoms with van der Waals surface area (Å²) in [6.07, 6.45) is 1.88. The molecule has 0 saturated heterocycles. The Bertz CT molecular complexity index is 1120. The fourth-order valence-corrected chi connectivity index (χ4v) is 3.98. The fraction of sp³-hybridized carbons (Fsp3) is 0.105. The number of aliphatic carboxylic acids is 1. The minimum Gasteiger partial charge on any atom is -0.477 e. The molecule has 0 aliphatic heterocycles. The minimum atomic E-state index is -1.22. The largest absolute Gasteiger partial charge is 0.477 e. The second-order valence-corrected chi connectivity index (χ2v) is 8.31. The number of nitrogens with zero attached hydrogens (tertiary/aromatic N) is 3. The number of benzene rings is 2. The highest BCUT2D eigenvalue weighted by molar-refractivity contribution is 8.03. The molecule has 0 atom stereocenters. The van der Waals surface area contributed by atoms with Crippen LogP contribution in [-0.4, -0.2) is 26.2 Å². The molecule has 1 aromatic heterocycles. The van der Waals surface area contributed by atoms with E-state index in [0.29, 0.717) is 27.8 Å². The van der Waals surface area contributed by atoms with E-state index in [9.17, 15) is 20.0 Å². The van der Waals surface area contributed by atoms with Gasteiger partial charge in [0, 0.05) is 33.4 Å². The predicted molar refractivity (Wildman–Crippen MR) is 114 cm³/mol. The Morgan fingerprint density at radius 2 is 2.00 bits per heavy atom. The van der Waals surface area contributed by atoms with Crippen LogP contribution >= 0.6 is 35.1 Å². The smallest absolute Gasteiger partial charge is 0.342 e. The highest BCUT2D eigenvalue weighted by atomic mass is 35.5. The van der Waals surface area contributed by atoms with E-state index < -0.39 is 10.9 Å². The number of rotatable bonds is 8. The van der Waals surface area contributed by atoms with Crippen LogP contribution in [0.25, 0.3) is 6.08 Å². The maximum absolute atomic E-state index is 11.8. The molecule has 2 aromatic carbocycles. The van der Waals surface area contributed by atoms with Crippen molar-refractivity contribution in [2.24, 2.45) is 0 Å². The highest BCUT2D eigenvalue weighted by Crippen LogP contribution is 2.36. The van der Waals surface area contributed by atoms with Crippen LogP contribution in [0.2, 0.25) is 5.02 Å². The molecule has 3 rings (SSSR count). The van der Waals surface area contributed by atoms with Crippen LogP contribution in [-0.2, 0) is 11.2 Å². The number of aryl methyl sites for hydroxylation is 1. The summed E-state index contributed by atoms with van der Waals surface area (Å²) in [6.45, 7) is 1.83. The van der Waals surface area contributed by atoms with E-state index in [1.54, 1.807) is 30.3 Å². The van der Waals surface area contributed by atoms with Crippen molar-refractivity contribution in [2.45, 2.75) is 28.4 Å². The average molecular weight is 464 g/mol. The number of non-ortho nitro benzene ring substituents is 1. The van der Waals surface area contributed by atoms with Gasteiger partial charge in [0.1, 0.15) is 4.91 Å². The number of hydrogen-bond donors (Lipinski definition) is 1. The van der Waals surface area contributed by atoms with Crippen molar-refractivity contribution in [2.75, 3.05) is 0 Å². The minimum absolute atomic E-state index is 0.0813. The summed E-state index contributed by atoms with van der Waals surface area (Å²) in [4.78, 5) is 23.8. The third kappa shape index (κ3) is 5.62. The van der Waals surface area contributed by atoms with Crippen molar-refractivity contribution in [1.82, 2.24) is 10.2 Å². The zero-order valence-corrected chi connectivity index (χ0v) is 17.8. The molecular weight excluding hydrogens is 450 g/mol. The lowest BCUT2D eigenvalue weighted by Crippen LogP contribution is -1.98. The van der Waals surface area contributed by atoms with Crippen LogP contribution in [0.15, 0.2) is 66.8 Å². The maximum Gasteiger partial charge on any atom is 0.342 e. The first-order valence-electron chi connectivity index (χ1n) is 8.52. The summed E-state index contributed by atoms with van der Waals surface area (Å²) in [7, 11) is 0. The number of thioether (sulfide) groups is 1. The Morgan fingerprint density at radius 1 is 1.27 bits per heavy atom. The van der Waals surface area contributed by atoms with Crippen molar-refractivity contribution in [3.05, 3.63) is 74.0 Å². The summed E-state index contributed by atoms with van der Waals surface area (Å²) in [6, 6.07) is 11.3. The van der Waals surface area contributed by atoms with Gasteiger partial charge in [0.15, 0.2) is 0 Å². The van der Waals surface area contributed by atoms with Gasteiger partial charge < -0.3 is 9.52 Å². The van der Waals surface area contributed by atoms with E-state index in [2.05, 4.69) is 10.2 Å². The Kier molecular flexibility index (Phi) is 7.14. The molecule has 1 heterocycles. The van der Waals surface area contributed by atoms with Gasteiger partial charge in [0.2, 0.25) is 5.89 Å². The molecule has 30 heavy (non-hydrogen) atoms. The van der Waals surface area contributed by atoms with Crippen LogP contribution < -0.4 is 0 Å². The van der Waals surface area contributed by atoms with Gasteiger partial charge in [-0.3, -0.25) is 10.1 Å². The Balaban J connectivity index is 2.00. The van der Waals surface area contributed by atoms with E-state index in [1.807, 2.05) is 6.92 Å². The molecule has 0 aliphatic carbocycles. The standard InChI is InChI=1S/C19H14ClN3O5S2/c1-2-17-21-22-19(28-17)30-16(18(24)25)10-11-9-13(23(26)27)5-8-15(11)29-14-6-3-12(20)4-7-14/h3-10H,2H2,1H3,(H,24,25)/b16-10+. The number of aromatic nitrogens is 2. The fourth-order valence-electron chi connectivity index (χ4n) is 2.28. The second kappa shape index (κ2) is 9.79. The van der Waals surface area contributed by atoms with Gasteiger partial charge in [-0.25, -0.2) is 4.79 Å².